The first-order chi connectivity index (χ1) is 8.26. The SMILES string of the molecule is CC(=O)Nc1ccc(OC(=O)OC(C)(C)C)cc1. The Morgan fingerprint density at radius 2 is 1.67 bits per heavy atom. The Morgan fingerprint density at radius 1 is 1.11 bits per heavy atom. The van der Waals surface area contributed by atoms with Gasteiger partial charge in [0.05, 0.1) is 0 Å². The molecule has 0 heterocycles. The average molecular weight is 251 g/mol. The van der Waals surface area contributed by atoms with Gasteiger partial charge < -0.3 is 14.8 Å². The molecule has 0 spiro atoms. The number of benzene rings is 1. The van der Waals surface area contributed by atoms with Crippen molar-refractivity contribution in [2.24, 2.45) is 0 Å². The smallest absolute Gasteiger partial charge is 0.428 e. The Morgan fingerprint density at radius 3 is 2.11 bits per heavy atom. The van der Waals surface area contributed by atoms with Crippen LogP contribution in [-0.4, -0.2) is 17.7 Å². The van der Waals surface area contributed by atoms with E-state index >= 15 is 0 Å². The van der Waals surface area contributed by atoms with Gasteiger partial charge in [-0.05, 0) is 45.0 Å². The van der Waals surface area contributed by atoms with Crippen molar-refractivity contribution in [2.75, 3.05) is 5.32 Å². The van der Waals surface area contributed by atoms with Gasteiger partial charge in [0.2, 0.25) is 5.91 Å². The van der Waals surface area contributed by atoms with Gasteiger partial charge in [0.25, 0.3) is 0 Å². The summed E-state index contributed by atoms with van der Waals surface area (Å²) in [6.07, 6.45) is -0.755. The van der Waals surface area contributed by atoms with Crippen LogP contribution in [0.4, 0.5) is 10.5 Å². The lowest BCUT2D eigenvalue weighted by atomic mass is 10.2. The molecule has 1 aromatic rings. The number of hydrogen-bond donors (Lipinski definition) is 1. The normalized spacial score (nSPS) is 10.7. The molecular formula is C13H17NO4. The number of hydrogen-bond acceptors (Lipinski definition) is 4. The molecule has 98 valence electrons. The maximum Gasteiger partial charge on any atom is 0.514 e. The first kappa shape index (κ1) is 14.0. The van der Waals surface area contributed by atoms with Crippen molar-refractivity contribution >= 4 is 17.7 Å². The van der Waals surface area contributed by atoms with Crippen LogP contribution in [0.2, 0.25) is 0 Å². The zero-order chi connectivity index (χ0) is 13.8. The molecule has 0 saturated carbocycles. The highest BCUT2D eigenvalue weighted by atomic mass is 16.7. The summed E-state index contributed by atoms with van der Waals surface area (Å²) in [4.78, 5) is 22.2. The van der Waals surface area contributed by atoms with Crippen LogP contribution in [0.15, 0.2) is 24.3 Å². The number of carbonyl (C=O) groups is 2. The van der Waals surface area contributed by atoms with E-state index in [1.54, 1.807) is 45.0 Å². The molecule has 1 amide bonds. The second kappa shape index (κ2) is 5.53. The summed E-state index contributed by atoms with van der Waals surface area (Å²) in [5.41, 5.74) is 0.0479. The molecule has 0 fully saturated rings. The Bertz CT molecular complexity index is 431. The van der Waals surface area contributed by atoms with Gasteiger partial charge in [-0.3, -0.25) is 4.79 Å². The summed E-state index contributed by atoms with van der Waals surface area (Å²) in [6, 6.07) is 6.44. The lowest BCUT2D eigenvalue weighted by Crippen LogP contribution is -2.25. The number of anilines is 1. The van der Waals surface area contributed by atoms with Crippen molar-refractivity contribution in [1.82, 2.24) is 0 Å². The van der Waals surface area contributed by atoms with E-state index < -0.39 is 11.8 Å². The highest BCUT2D eigenvalue weighted by molar-refractivity contribution is 5.88. The van der Waals surface area contributed by atoms with Crippen LogP contribution in [0.3, 0.4) is 0 Å². The monoisotopic (exact) mass is 251 g/mol. The third kappa shape index (κ3) is 5.34. The minimum Gasteiger partial charge on any atom is -0.428 e. The lowest BCUT2D eigenvalue weighted by molar-refractivity contribution is -0.114. The minimum atomic E-state index is -0.755. The molecule has 0 aliphatic heterocycles. The first-order valence-corrected chi connectivity index (χ1v) is 5.55. The average Bonchev–Trinajstić information content (AvgIpc) is 2.17. The van der Waals surface area contributed by atoms with E-state index in [0.29, 0.717) is 11.4 Å². The zero-order valence-corrected chi connectivity index (χ0v) is 10.9. The van der Waals surface area contributed by atoms with E-state index in [9.17, 15) is 9.59 Å². The second-order valence-electron chi connectivity index (χ2n) is 4.77. The van der Waals surface area contributed by atoms with E-state index in [4.69, 9.17) is 9.47 Å². The summed E-state index contributed by atoms with van der Waals surface area (Å²) >= 11 is 0. The number of carbonyl (C=O) groups excluding carboxylic acids is 2. The molecule has 0 aliphatic rings. The maximum atomic E-state index is 11.4. The molecule has 0 radical (unpaired) electrons. The van der Waals surface area contributed by atoms with Gasteiger partial charge in [0.15, 0.2) is 0 Å². The van der Waals surface area contributed by atoms with Gasteiger partial charge in [0, 0.05) is 12.6 Å². The number of amides is 1. The third-order valence-corrected chi connectivity index (χ3v) is 1.77. The van der Waals surface area contributed by atoms with E-state index in [0.717, 1.165) is 0 Å². The molecule has 18 heavy (non-hydrogen) atoms. The third-order valence-electron chi connectivity index (χ3n) is 1.77. The predicted molar refractivity (Wildman–Crippen MR) is 67.6 cm³/mol. The molecule has 0 saturated heterocycles. The quantitative estimate of drug-likeness (QED) is 0.648. The zero-order valence-electron chi connectivity index (χ0n) is 10.9. The number of ether oxygens (including phenoxy) is 2. The molecule has 1 rings (SSSR count). The van der Waals surface area contributed by atoms with Crippen molar-refractivity contribution in [3.05, 3.63) is 24.3 Å². The molecule has 5 heteroatoms. The van der Waals surface area contributed by atoms with Gasteiger partial charge >= 0.3 is 6.16 Å². The standard InChI is InChI=1S/C13H17NO4/c1-9(15)14-10-5-7-11(8-6-10)17-12(16)18-13(2,3)4/h5-8H,1-4H3,(H,14,15). The Hall–Kier alpha value is -2.04. The van der Waals surface area contributed by atoms with Gasteiger partial charge in [-0.25, -0.2) is 4.79 Å². The van der Waals surface area contributed by atoms with E-state index in [1.165, 1.54) is 6.92 Å². The lowest BCUT2D eigenvalue weighted by Gasteiger charge is -2.18. The number of rotatable bonds is 2. The summed E-state index contributed by atoms with van der Waals surface area (Å²) < 4.78 is 9.98. The van der Waals surface area contributed by atoms with E-state index in [1.807, 2.05) is 0 Å². The van der Waals surface area contributed by atoms with Crippen molar-refractivity contribution in [2.45, 2.75) is 33.3 Å². The fourth-order valence-corrected chi connectivity index (χ4v) is 1.18. The van der Waals surface area contributed by atoms with Crippen molar-refractivity contribution < 1.29 is 19.1 Å². The van der Waals surface area contributed by atoms with Gasteiger partial charge in [-0.1, -0.05) is 0 Å². The van der Waals surface area contributed by atoms with Crippen molar-refractivity contribution in [1.29, 1.82) is 0 Å². The van der Waals surface area contributed by atoms with Crippen LogP contribution in [0, 0.1) is 0 Å². The van der Waals surface area contributed by atoms with Gasteiger partial charge in [0.1, 0.15) is 11.4 Å². The predicted octanol–water partition coefficient (Wildman–Crippen LogP) is 2.96. The molecule has 1 N–H and O–H groups in total. The molecule has 0 atom stereocenters. The summed E-state index contributed by atoms with van der Waals surface area (Å²) in [6.45, 7) is 6.70. The number of nitrogens with one attached hydrogen (secondary N) is 1. The highest BCUT2D eigenvalue weighted by Crippen LogP contribution is 2.17. The van der Waals surface area contributed by atoms with Crippen LogP contribution in [0.25, 0.3) is 0 Å². The Kier molecular flexibility index (Phi) is 4.31. The van der Waals surface area contributed by atoms with Crippen molar-refractivity contribution in [3.8, 4) is 5.75 Å². The van der Waals surface area contributed by atoms with Crippen LogP contribution in [-0.2, 0) is 9.53 Å². The van der Waals surface area contributed by atoms with Crippen LogP contribution < -0.4 is 10.1 Å². The topological polar surface area (TPSA) is 64.6 Å². The fourth-order valence-electron chi connectivity index (χ4n) is 1.18. The molecule has 0 aliphatic carbocycles. The molecule has 0 aromatic heterocycles. The van der Waals surface area contributed by atoms with Crippen LogP contribution in [0.1, 0.15) is 27.7 Å². The second-order valence-corrected chi connectivity index (χ2v) is 4.77. The minimum absolute atomic E-state index is 0.157. The fraction of sp³-hybridized carbons (Fsp3) is 0.385. The molecule has 0 bridgehead atoms. The molecule has 5 nitrogen and oxygen atoms in total. The summed E-state index contributed by atoms with van der Waals surface area (Å²) in [7, 11) is 0. The molecular weight excluding hydrogens is 234 g/mol. The van der Waals surface area contributed by atoms with Gasteiger partial charge in [-0.2, -0.15) is 0 Å². The summed E-state index contributed by atoms with van der Waals surface area (Å²) in [5, 5.41) is 2.61. The van der Waals surface area contributed by atoms with E-state index in [-0.39, 0.29) is 5.91 Å². The Labute approximate surface area is 106 Å². The molecule has 1 aromatic carbocycles. The summed E-state index contributed by atoms with van der Waals surface area (Å²) in [5.74, 6) is 0.203. The molecule has 0 unspecified atom stereocenters. The van der Waals surface area contributed by atoms with Crippen LogP contribution in [0.5, 0.6) is 5.75 Å². The largest absolute Gasteiger partial charge is 0.514 e. The van der Waals surface area contributed by atoms with Crippen molar-refractivity contribution in [3.63, 3.8) is 0 Å². The van der Waals surface area contributed by atoms with Gasteiger partial charge in [-0.15, -0.1) is 0 Å². The van der Waals surface area contributed by atoms with Crippen LogP contribution >= 0.6 is 0 Å². The first-order valence-electron chi connectivity index (χ1n) is 5.55. The maximum absolute atomic E-state index is 11.4. The Balaban J connectivity index is 2.58. The highest BCUT2D eigenvalue weighted by Gasteiger charge is 2.17. The van der Waals surface area contributed by atoms with E-state index in [2.05, 4.69) is 5.32 Å².